The summed E-state index contributed by atoms with van der Waals surface area (Å²) in [6.07, 6.45) is 2.62. The van der Waals surface area contributed by atoms with Gasteiger partial charge in [-0.3, -0.25) is 4.79 Å². The number of hydrogen-bond acceptors (Lipinski definition) is 2. The zero-order valence-corrected chi connectivity index (χ0v) is 7.30. The highest BCUT2D eigenvalue weighted by Crippen LogP contribution is 2.11. The standard InChI is InChI=1S/C6H11NO2.C2H6/c7-6(8)5-3-1-2-4-9-5;1-2/h5H,1-4H2,(H2,7,8);1-2H3. The topological polar surface area (TPSA) is 52.3 Å². The number of ether oxygens (including phenoxy) is 1. The monoisotopic (exact) mass is 159 g/mol. The van der Waals surface area contributed by atoms with E-state index in [-0.39, 0.29) is 12.0 Å². The van der Waals surface area contributed by atoms with Gasteiger partial charge >= 0.3 is 0 Å². The molecule has 1 heterocycles. The molecule has 2 N–H and O–H groups in total. The Kier molecular flexibility index (Phi) is 5.84. The minimum absolute atomic E-state index is 0.307. The molecule has 0 saturated carbocycles. The zero-order chi connectivity index (χ0) is 8.69. The molecule has 1 rings (SSSR count). The van der Waals surface area contributed by atoms with Gasteiger partial charge in [-0.1, -0.05) is 13.8 Å². The second-order valence-corrected chi connectivity index (χ2v) is 2.26. The van der Waals surface area contributed by atoms with Gasteiger partial charge in [0.05, 0.1) is 0 Å². The van der Waals surface area contributed by atoms with Crippen LogP contribution in [-0.2, 0) is 9.53 Å². The Bertz CT molecular complexity index is 109. The largest absolute Gasteiger partial charge is 0.368 e. The van der Waals surface area contributed by atoms with Crippen molar-refractivity contribution in [3.63, 3.8) is 0 Å². The average molecular weight is 159 g/mol. The highest BCUT2D eigenvalue weighted by atomic mass is 16.5. The Morgan fingerprint density at radius 1 is 1.45 bits per heavy atom. The van der Waals surface area contributed by atoms with E-state index in [9.17, 15) is 4.79 Å². The first-order valence-electron chi connectivity index (χ1n) is 4.21. The van der Waals surface area contributed by atoms with E-state index in [0.29, 0.717) is 6.61 Å². The van der Waals surface area contributed by atoms with Crippen LogP contribution in [0.4, 0.5) is 0 Å². The zero-order valence-electron chi connectivity index (χ0n) is 7.30. The van der Waals surface area contributed by atoms with Crippen LogP contribution in [-0.4, -0.2) is 18.6 Å². The van der Waals surface area contributed by atoms with Crippen LogP contribution in [0.15, 0.2) is 0 Å². The maximum absolute atomic E-state index is 10.5. The van der Waals surface area contributed by atoms with Crippen LogP contribution in [0.1, 0.15) is 33.1 Å². The second-order valence-electron chi connectivity index (χ2n) is 2.26. The lowest BCUT2D eigenvalue weighted by Crippen LogP contribution is -2.33. The van der Waals surface area contributed by atoms with Crippen molar-refractivity contribution in [3.8, 4) is 0 Å². The van der Waals surface area contributed by atoms with Crippen molar-refractivity contribution in [1.29, 1.82) is 0 Å². The van der Waals surface area contributed by atoms with E-state index >= 15 is 0 Å². The van der Waals surface area contributed by atoms with E-state index in [4.69, 9.17) is 10.5 Å². The third kappa shape index (κ3) is 3.98. The van der Waals surface area contributed by atoms with Crippen molar-refractivity contribution >= 4 is 5.91 Å². The molecule has 1 saturated heterocycles. The molecule has 1 fully saturated rings. The minimum atomic E-state index is -0.324. The molecule has 0 bridgehead atoms. The van der Waals surface area contributed by atoms with E-state index in [1.807, 2.05) is 13.8 Å². The summed E-state index contributed by atoms with van der Waals surface area (Å²) in [5.74, 6) is -0.324. The number of carbonyl (C=O) groups is 1. The predicted molar refractivity (Wildman–Crippen MR) is 44.1 cm³/mol. The van der Waals surface area contributed by atoms with Gasteiger partial charge < -0.3 is 10.5 Å². The Morgan fingerprint density at radius 3 is 2.36 bits per heavy atom. The first-order valence-corrected chi connectivity index (χ1v) is 4.21. The molecular weight excluding hydrogens is 142 g/mol. The van der Waals surface area contributed by atoms with Crippen molar-refractivity contribution in [2.45, 2.75) is 39.2 Å². The molecule has 1 amide bonds. The van der Waals surface area contributed by atoms with Gasteiger partial charge in [0, 0.05) is 6.61 Å². The van der Waals surface area contributed by atoms with Crippen LogP contribution in [0, 0.1) is 0 Å². The maximum Gasteiger partial charge on any atom is 0.246 e. The van der Waals surface area contributed by atoms with E-state index in [0.717, 1.165) is 19.3 Å². The number of hydrogen-bond donors (Lipinski definition) is 1. The Labute approximate surface area is 67.9 Å². The van der Waals surface area contributed by atoms with Gasteiger partial charge in [0.15, 0.2) is 0 Å². The van der Waals surface area contributed by atoms with Crippen molar-refractivity contribution in [3.05, 3.63) is 0 Å². The summed E-state index contributed by atoms with van der Waals surface area (Å²) in [5.41, 5.74) is 5.00. The van der Waals surface area contributed by atoms with Crippen molar-refractivity contribution < 1.29 is 9.53 Å². The molecule has 11 heavy (non-hydrogen) atoms. The van der Waals surface area contributed by atoms with Crippen LogP contribution in [0.3, 0.4) is 0 Å². The van der Waals surface area contributed by atoms with Crippen LogP contribution >= 0.6 is 0 Å². The molecule has 1 atom stereocenters. The third-order valence-corrected chi connectivity index (χ3v) is 1.50. The van der Waals surface area contributed by atoms with Gasteiger partial charge in [-0.2, -0.15) is 0 Å². The predicted octanol–water partition coefficient (Wildman–Crippen LogP) is 1.07. The van der Waals surface area contributed by atoms with Crippen LogP contribution < -0.4 is 5.73 Å². The van der Waals surface area contributed by atoms with Gasteiger partial charge in [0.2, 0.25) is 5.91 Å². The molecule has 0 aromatic carbocycles. The molecule has 3 nitrogen and oxygen atoms in total. The highest BCUT2D eigenvalue weighted by molar-refractivity contribution is 5.78. The third-order valence-electron chi connectivity index (χ3n) is 1.50. The van der Waals surface area contributed by atoms with Crippen molar-refractivity contribution in [2.75, 3.05) is 6.61 Å². The lowest BCUT2D eigenvalue weighted by atomic mass is 10.1. The molecule has 1 aliphatic rings. The summed E-state index contributed by atoms with van der Waals surface area (Å²) >= 11 is 0. The second kappa shape index (κ2) is 6.16. The first-order chi connectivity index (χ1) is 5.30. The van der Waals surface area contributed by atoms with Crippen molar-refractivity contribution in [2.24, 2.45) is 5.73 Å². The van der Waals surface area contributed by atoms with E-state index in [1.54, 1.807) is 0 Å². The van der Waals surface area contributed by atoms with Gasteiger partial charge in [0.25, 0.3) is 0 Å². The molecule has 0 spiro atoms. The fourth-order valence-corrected chi connectivity index (χ4v) is 0.965. The number of primary amides is 1. The molecular formula is C8H17NO2. The normalized spacial score (nSPS) is 23.3. The van der Waals surface area contributed by atoms with Gasteiger partial charge in [-0.15, -0.1) is 0 Å². The lowest BCUT2D eigenvalue weighted by molar-refractivity contribution is -0.132. The molecule has 1 aliphatic heterocycles. The molecule has 0 aromatic heterocycles. The Morgan fingerprint density at radius 2 is 2.09 bits per heavy atom. The summed E-state index contributed by atoms with van der Waals surface area (Å²) in [5, 5.41) is 0. The molecule has 3 heteroatoms. The van der Waals surface area contributed by atoms with E-state index in [1.165, 1.54) is 0 Å². The fourth-order valence-electron chi connectivity index (χ4n) is 0.965. The van der Waals surface area contributed by atoms with Crippen LogP contribution in [0.25, 0.3) is 0 Å². The SMILES string of the molecule is CC.NC(=O)C1CCCCO1. The minimum Gasteiger partial charge on any atom is -0.368 e. The summed E-state index contributed by atoms with van der Waals surface area (Å²) in [4.78, 5) is 10.5. The Balaban J connectivity index is 0.000000461. The van der Waals surface area contributed by atoms with Crippen LogP contribution in [0.2, 0.25) is 0 Å². The highest BCUT2D eigenvalue weighted by Gasteiger charge is 2.18. The summed E-state index contributed by atoms with van der Waals surface area (Å²) < 4.78 is 5.06. The number of carbonyl (C=O) groups excluding carboxylic acids is 1. The average Bonchev–Trinajstić information content (AvgIpc) is 2.10. The first kappa shape index (κ1) is 10.4. The summed E-state index contributed by atoms with van der Waals surface area (Å²) in [6.45, 7) is 4.69. The molecule has 0 aromatic rings. The molecule has 1 unspecified atom stereocenters. The smallest absolute Gasteiger partial charge is 0.246 e. The number of nitrogens with two attached hydrogens (primary N) is 1. The molecule has 66 valence electrons. The summed E-state index contributed by atoms with van der Waals surface area (Å²) in [7, 11) is 0. The quantitative estimate of drug-likeness (QED) is 0.622. The molecule has 0 radical (unpaired) electrons. The van der Waals surface area contributed by atoms with E-state index in [2.05, 4.69) is 0 Å². The lowest BCUT2D eigenvalue weighted by Gasteiger charge is -2.18. The van der Waals surface area contributed by atoms with Crippen molar-refractivity contribution in [1.82, 2.24) is 0 Å². The molecule has 0 aliphatic carbocycles. The van der Waals surface area contributed by atoms with Gasteiger partial charge in [0.1, 0.15) is 6.10 Å². The van der Waals surface area contributed by atoms with Gasteiger partial charge in [-0.25, -0.2) is 0 Å². The fraction of sp³-hybridized carbons (Fsp3) is 0.875. The number of rotatable bonds is 1. The van der Waals surface area contributed by atoms with E-state index < -0.39 is 0 Å². The maximum atomic E-state index is 10.5. The number of amides is 1. The van der Waals surface area contributed by atoms with Gasteiger partial charge in [-0.05, 0) is 19.3 Å². The summed E-state index contributed by atoms with van der Waals surface area (Å²) in [6, 6.07) is 0. The Hall–Kier alpha value is -0.570. The van der Waals surface area contributed by atoms with Crippen LogP contribution in [0.5, 0.6) is 0 Å².